The molecule has 0 aromatic heterocycles. The third kappa shape index (κ3) is 1.11. The van der Waals surface area contributed by atoms with E-state index in [1.165, 1.54) is 0 Å². The van der Waals surface area contributed by atoms with Gasteiger partial charge in [-0.15, -0.1) is 0 Å². The maximum absolute atomic E-state index is 11.4. The van der Waals surface area contributed by atoms with Crippen LogP contribution in [0.3, 0.4) is 0 Å². The molecule has 2 aliphatic rings. The molecule has 0 heterocycles. The molecule has 3 atom stereocenters. The standard InChI is InChI=1S/C9H12O2/c10-8-4-6-2-1-3-7(5-8)9(6)11/h1-2,6-8,10H,3-5H2. The Morgan fingerprint density at radius 2 is 2.27 bits per heavy atom. The van der Waals surface area contributed by atoms with E-state index in [1.807, 2.05) is 6.08 Å². The number of Topliss-reactive ketones (excluding diaryl/α,β-unsaturated/α-hetero) is 1. The first-order chi connectivity index (χ1) is 5.27. The van der Waals surface area contributed by atoms with Crippen LogP contribution in [-0.2, 0) is 4.79 Å². The highest BCUT2D eigenvalue weighted by Crippen LogP contribution is 2.32. The number of allylic oxidation sites excluding steroid dienone is 2. The van der Waals surface area contributed by atoms with Crippen molar-refractivity contribution in [3.05, 3.63) is 12.2 Å². The van der Waals surface area contributed by atoms with Crippen LogP contribution in [0.4, 0.5) is 0 Å². The maximum atomic E-state index is 11.4. The Balaban J connectivity index is 2.22. The molecular weight excluding hydrogens is 140 g/mol. The van der Waals surface area contributed by atoms with E-state index in [2.05, 4.69) is 6.08 Å². The zero-order chi connectivity index (χ0) is 7.84. The minimum atomic E-state index is -0.243. The zero-order valence-corrected chi connectivity index (χ0v) is 6.36. The Kier molecular flexibility index (Phi) is 1.57. The van der Waals surface area contributed by atoms with E-state index in [9.17, 15) is 9.90 Å². The highest BCUT2D eigenvalue weighted by atomic mass is 16.3. The molecule has 2 heteroatoms. The number of rotatable bonds is 0. The van der Waals surface area contributed by atoms with Gasteiger partial charge in [0.2, 0.25) is 0 Å². The van der Waals surface area contributed by atoms with Gasteiger partial charge in [-0.25, -0.2) is 0 Å². The van der Waals surface area contributed by atoms with E-state index < -0.39 is 0 Å². The van der Waals surface area contributed by atoms with Gasteiger partial charge in [-0.3, -0.25) is 4.79 Å². The van der Waals surface area contributed by atoms with Gasteiger partial charge in [-0.05, 0) is 19.3 Å². The molecule has 0 amide bonds. The van der Waals surface area contributed by atoms with Crippen molar-refractivity contribution in [2.24, 2.45) is 11.8 Å². The van der Waals surface area contributed by atoms with Crippen molar-refractivity contribution in [2.75, 3.05) is 0 Å². The molecular formula is C9H12O2. The van der Waals surface area contributed by atoms with Gasteiger partial charge in [0.05, 0.1) is 6.10 Å². The van der Waals surface area contributed by atoms with Crippen molar-refractivity contribution in [2.45, 2.75) is 25.4 Å². The molecule has 1 saturated carbocycles. The number of hydrogen-bond acceptors (Lipinski definition) is 2. The zero-order valence-electron chi connectivity index (χ0n) is 6.36. The van der Waals surface area contributed by atoms with Crippen LogP contribution < -0.4 is 0 Å². The molecule has 1 N–H and O–H groups in total. The van der Waals surface area contributed by atoms with Crippen LogP contribution in [0, 0.1) is 11.8 Å². The van der Waals surface area contributed by atoms with Gasteiger partial charge in [-0.2, -0.15) is 0 Å². The third-order valence-corrected chi connectivity index (χ3v) is 2.64. The van der Waals surface area contributed by atoms with Crippen molar-refractivity contribution in [3.8, 4) is 0 Å². The highest BCUT2D eigenvalue weighted by Gasteiger charge is 2.35. The number of carbonyl (C=O) groups is 1. The van der Waals surface area contributed by atoms with Crippen molar-refractivity contribution in [1.82, 2.24) is 0 Å². The van der Waals surface area contributed by atoms with Crippen LogP contribution in [0.15, 0.2) is 12.2 Å². The molecule has 0 spiro atoms. The molecule has 11 heavy (non-hydrogen) atoms. The second-order valence-electron chi connectivity index (χ2n) is 3.49. The quantitative estimate of drug-likeness (QED) is 0.524. The summed E-state index contributed by atoms with van der Waals surface area (Å²) in [6.07, 6.45) is 5.94. The minimum Gasteiger partial charge on any atom is -0.393 e. The summed E-state index contributed by atoms with van der Waals surface area (Å²) in [5, 5.41) is 9.35. The minimum absolute atomic E-state index is 0.0255. The summed E-state index contributed by atoms with van der Waals surface area (Å²) in [4.78, 5) is 11.4. The van der Waals surface area contributed by atoms with Gasteiger partial charge >= 0.3 is 0 Å². The van der Waals surface area contributed by atoms with Crippen LogP contribution in [-0.4, -0.2) is 17.0 Å². The van der Waals surface area contributed by atoms with Gasteiger partial charge in [-0.1, -0.05) is 12.2 Å². The monoisotopic (exact) mass is 152 g/mol. The van der Waals surface area contributed by atoms with Crippen LogP contribution in [0.2, 0.25) is 0 Å². The maximum Gasteiger partial charge on any atom is 0.143 e. The Hall–Kier alpha value is -0.630. The average molecular weight is 152 g/mol. The number of hydrogen-bond donors (Lipinski definition) is 1. The topological polar surface area (TPSA) is 37.3 Å². The second-order valence-corrected chi connectivity index (χ2v) is 3.49. The number of aliphatic hydroxyl groups excluding tert-OH is 1. The van der Waals surface area contributed by atoms with E-state index in [1.54, 1.807) is 0 Å². The molecule has 0 aromatic carbocycles. The van der Waals surface area contributed by atoms with Gasteiger partial charge < -0.3 is 5.11 Å². The summed E-state index contributed by atoms with van der Waals surface area (Å²) in [7, 11) is 0. The van der Waals surface area contributed by atoms with E-state index in [4.69, 9.17) is 0 Å². The van der Waals surface area contributed by atoms with Crippen LogP contribution in [0.5, 0.6) is 0 Å². The summed E-state index contributed by atoms with van der Waals surface area (Å²) >= 11 is 0. The molecule has 2 nitrogen and oxygen atoms in total. The Labute approximate surface area is 65.9 Å². The molecule has 0 radical (unpaired) electrons. The van der Waals surface area contributed by atoms with Gasteiger partial charge in [0.1, 0.15) is 5.78 Å². The summed E-state index contributed by atoms with van der Waals surface area (Å²) < 4.78 is 0. The van der Waals surface area contributed by atoms with Gasteiger partial charge in [0.25, 0.3) is 0 Å². The number of fused-ring (bicyclic) bond motifs is 2. The Morgan fingerprint density at radius 3 is 3.00 bits per heavy atom. The molecule has 3 unspecified atom stereocenters. The molecule has 0 aromatic rings. The van der Waals surface area contributed by atoms with Crippen LogP contribution in [0.25, 0.3) is 0 Å². The fourth-order valence-corrected chi connectivity index (χ4v) is 2.05. The van der Waals surface area contributed by atoms with Crippen molar-refractivity contribution >= 4 is 5.78 Å². The lowest BCUT2D eigenvalue weighted by atomic mass is 9.74. The predicted octanol–water partition coefficient (Wildman–Crippen LogP) is 0.902. The molecule has 1 fully saturated rings. The number of aliphatic hydroxyl groups is 1. The number of ketones is 1. The van der Waals surface area contributed by atoms with E-state index in [-0.39, 0.29) is 17.9 Å². The fourth-order valence-electron chi connectivity index (χ4n) is 2.05. The smallest absolute Gasteiger partial charge is 0.143 e. The first-order valence-corrected chi connectivity index (χ1v) is 4.16. The third-order valence-electron chi connectivity index (χ3n) is 2.64. The van der Waals surface area contributed by atoms with Crippen LogP contribution in [0.1, 0.15) is 19.3 Å². The first kappa shape index (κ1) is 7.04. The molecule has 60 valence electrons. The lowest BCUT2D eigenvalue weighted by molar-refractivity contribution is -0.130. The molecule has 2 aliphatic carbocycles. The average Bonchev–Trinajstić information content (AvgIpc) is 1.92. The van der Waals surface area contributed by atoms with Crippen molar-refractivity contribution in [3.63, 3.8) is 0 Å². The summed E-state index contributed by atoms with van der Waals surface area (Å²) in [5.41, 5.74) is 0. The Morgan fingerprint density at radius 1 is 1.45 bits per heavy atom. The van der Waals surface area contributed by atoms with Gasteiger partial charge in [0.15, 0.2) is 0 Å². The highest BCUT2D eigenvalue weighted by molar-refractivity contribution is 5.87. The second kappa shape index (κ2) is 2.45. The predicted molar refractivity (Wildman–Crippen MR) is 41.0 cm³/mol. The normalized spacial score (nSPS) is 42.6. The SMILES string of the molecule is O=C1C2C=CCC1CC(O)C2. The lowest BCUT2D eigenvalue weighted by Crippen LogP contribution is -2.36. The molecule has 2 bridgehead atoms. The number of carbonyl (C=O) groups excluding carboxylic acids is 1. The first-order valence-electron chi connectivity index (χ1n) is 4.16. The van der Waals surface area contributed by atoms with Crippen molar-refractivity contribution in [1.29, 1.82) is 0 Å². The molecule has 0 saturated heterocycles. The summed E-state index contributed by atoms with van der Waals surface area (Å²) in [6, 6.07) is 0. The largest absolute Gasteiger partial charge is 0.393 e. The summed E-state index contributed by atoms with van der Waals surface area (Å²) in [5.74, 6) is 0.490. The van der Waals surface area contributed by atoms with E-state index >= 15 is 0 Å². The lowest BCUT2D eigenvalue weighted by Gasteiger charge is -2.31. The molecule has 2 rings (SSSR count). The molecule has 0 aliphatic heterocycles. The van der Waals surface area contributed by atoms with Crippen molar-refractivity contribution < 1.29 is 9.90 Å². The fraction of sp³-hybridized carbons (Fsp3) is 0.667. The van der Waals surface area contributed by atoms with Crippen LogP contribution >= 0.6 is 0 Å². The van der Waals surface area contributed by atoms with Gasteiger partial charge in [0, 0.05) is 11.8 Å². The summed E-state index contributed by atoms with van der Waals surface area (Å²) in [6.45, 7) is 0. The van der Waals surface area contributed by atoms with E-state index in [0.29, 0.717) is 18.6 Å². The van der Waals surface area contributed by atoms with E-state index in [0.717, 1.165) is 6.42 Å². The Bertz CT molecular complexity index is 208.